The second kappa shape index (κ2) is 6.01. The van der Waals surface area contributed by atoms with E-state index in [4.69, 9.17) is 5.11 Å². The molecule has 98 valence electrons. The molecule has 0 aromatic heterocycles. The first-order valence-electron chi connectivity index (χ1n) is 6.70. The number of likely N-dealkylation sites (tertiary alicyclic amines) is 1. The van der Waals surface area contributed by atoms with E-state index in [2.05, 4.69) is 11.8 Å². The van der Waals surface area contributed by atoms with E-state index in [0.717, 1.165) is 36.7 Å². The molecule has 1 aromatic carbocycles. The number of hydrogen-bond acceptors (Lipinski definition) is 2. The van der Waals surface area contributed by atoms with Gasteiger partial charge in [0.25, 0.3) is 0 Å². The summed E-state index contributed by atoms with van der Waals surface area (Å²) in [7, 11) is 0. The topological polar surface area (TPSA) is 40.5 Å². The zero-order valence-corrected chi connectivity index (χ0v) is 10.9. The molecule has 3 nitrogen and oxygen atoms in total. The Labute approximate surface area is 108 Å². The van der Waals surface area contributed by atoms with Gasteiger partial charge in [0.05, 0.1) is 6.42 Å². The minimum atomic E-state index is -0.755. The molecule has 1 aromatic rings. The van der Waals surface area contributed by atoms with Gasteiger partial charge in [-0.05, 0) is 23.5 Å². The lowest BCUT2D eigenvalue weighted by atomic mass is 9.93. The maximum Gasteiger partial charge on any atom is 0.307 e. The number of carboxylic acid groups (broad SMARTS) is 1. The van der Waals surface area contributed by atoms with E-state index in [-0.39, 0.29) is 6.42 Å². The third kappa shape index (κ3) is 3.33. The van der Waals surface area contributed by atoms with Crippen LogP contribution in [0.2, 0.25) is 0 Å². The molecule has 3 heteroatoms. The third-order valence-electron chi connectivity index (χ3n) is 3.58. The lowest BCUT2D eigenvalue weighted by Crippen LogP contribution is -2.45. The van der Waals surface area contributed by atoms with Crippen molar-refractivity contribution in [2.45, 2.75) is 32.7 Å². The van der Waals surface area contributed by atoms with Crippen LogP contribution in [0.1, 0.15) is 30.9 Å². The molecule has 18 heavy (non-hydrogen) atoms. The second-order valence-corrected chi connectivity index (χ2v) is 5.19. The quantitative estimate of drug-likeness (QED) is 0.840. The van der Waals surface area contributed by atoms with Gasteiger partial charge in [-0.15, -0.1) is 0 Å². The Kier molecular flexibility index (Phi) is 4.37. The van der Waals surface area contributed by atoms with E-state index in [9.17, 15) is 4.79 Å². The van der Waals surface area contributed by atoms with E-state index in [1.807, 2.05) is 24.3 Å². The van der Waals surface area contributed by atoms with Gasteiger partial charge in [0.2, 0.25) is 0 Å². The number of aliphatic carboxylic acids is 1. The molecule has 0 bridgehead atoms. The van der Waals surface area contributed by atoms with Crippen molar-refractivity contribution in [2.75, 3.05) is 13.1 Å². The van der Waals surface area contributed by atoms with Crippen LogP contribution >= 0.6 is 0 Å². The molecule has 2 rings (SSSR count). The lowest BCUT2D eigenvalue weighted by Gasteiger charge is -2.39. The maximum absolute atomic E-state index is 10.8. The molecule has 1 aliphatic heterocycles. The van der Waals surface area contributed by atoms with Crippen molar-refractivity contribution < 1.29 is 9.90 Å². The largest absolute Gasteiger partial charge is 0.481 e. The summed E-state index contributed by atoms with van der Waals surface area (Å²) in [6, 6.07) is 7.87. The summed E-state index contributed by atoms with van der Waals surface area (Å²) in [5.74, 6) is 0.0940. The Bertz CT molecular complexity index is 411. The lowest BCUT2D eigenvalue weighted by molar-refractivity contribution is -0.136. The summed E-state index contributed by atoms with van der Waals surface area (Å²) in [5, 5.41) is 8.90. The van der Waals surface area contributed by atoms with Crippen LogP contribution in [0.25, 0.3) is 0 Å². The zero-order chi connectivity index (χ0) is 13.0. The van der Waals surface area contributed by atoms with Crippen molar-refractivity contribution in [1.29, 1.82) is 0 Å². The van der Waals surface area contributed by atoms with Gasteiger partial charge in [0.1, 0.15) is 0 Å². The Balaban J connectivity index is 1.92. The second-order valence-electron chi connectivity index (χ2n) is 5.19. The fourth-order valence-corrected chi connectivity index (χ4v) is 2.68. The Hall–Kier alpha value is -1.35. The van der Waals surface area contributed by atoms with Gasteiger partial charge >= 0.3 is 5.97 Å². The van der Waals surface area contributed by atoms with Crippen molar-refractivity contribution in [1.82, 2.24) is 4.90 Å². The SMILES string of the molecule is CCCC1CN(Cc2ccccc2CC(=O)O)C1. The smallest absolute Gasteiger partial charge is 0.307 e. The molecule has 1 heterocycles. The number of rotatable bonds is 6. The number of nitrogens with zero attached hydrogens (tertiary/aromatic N) is 1. The van der Waals surface area contributed by atoms with E-state index < -0.39 is 5.97 Å². The molecular weight excluding hydrogens is 226 g/mol. The molecule has 1 saturated heterocycles. The van der Waals surface area contributed by atoms with E-state index >= 15 is 0 Å². The van der Waals surface area contributed by atoms with Crippen LogP contribution in [0.5, 0.6) is 0 Å². The molecule has 1 N–H and O–H groups in total. The van der Waals surface area contributed by atoms with E-state index in [0.29, 0.717) is 0 Å². The van der Waals surface area contributed by atoms with Crippen molar-refractivity contribution in [3.63, 3.8) is 0 Å². The van der Waals surface area contributed by atoms with Gasteiger partial charge in [-0.3, -0.25) is 9.69 Å². The van der Waals surface area contributed by atoms with Crippen molar-refractivity contribution in [3.05, 3.63) is 35.4 Å². The molecular formula is C15H21NO2. The van der Waals surface area contributed by atoms with Crippen LogP contribution in [-0.2, 0) is 17.8 Å². The first kappa shape index (κ1) is 13.1. The highest BCUT2D eigenvalue weighted by atomic mass is 16.4. The summed E-state index contributed by atoms with van der Waals surface area (Å²) in [6.45, 7) is 5.44. The third-order valence-corrected chi connectivity index (χ3v) is 3.58. The van der Waals surface area contributed by atoms with Gasteiger partial charge < -0.3 is 5.11 Å². The fraction of sp³-hybridized carbons (Fsp3) is 0.533. The Morgan fingerprint density at radius 1 is 1.33 bits per heavy atom. The molecule has 0 radical (unpaired) electrons. The average molecular weight is 247 g/mol. The molecule has 1 aliphatic rings. The minimum Gasteiger partial charge on any atom is -0.481 e. The molecule has 0 atom stereocenters. The number of carboxylic acids is 1. The normalized spacial score (nSPS) is 16.5. The highest BCUT2D eigenvalue weighted by Gasteiger charge is 2.25. The predicted octanol–water partition coefficient (Wildman–Crippen LogP) is 2.55. The van der Waals surface area contributed by atoms with Gasteiger partial charge in [-0.25, -0.2) is 0 Å². The van der Waals surface area contributed by atoms with E-state index in [1.165, 1.54) is 12.8 Å². The Morgan fingerprint density at radius 2 is 2.00 bits per heavy atom. The van der Waals surface area contributed by atoms with E-state index in [1.54, 1.807) is 0 Å². The molecule has 1 fully saturated rings. The highest BCUT2D eigenvalue weighted by molar-refractivity contribution is 5.70. The highest BCUT2D eigenvalue weighted by Crippen LogP contribution is 2.23. The minimum absolute atomic E-state index is 0.127. The van der Waals surface area contributed by atoms with Crippen molar-refractivity contribution in [2.24, 2.45) is 5.92 Å². The molecule has 0 spiro atoms. The zero-order valence-electron chi connectivity index (χ0n) is 10.9. The molecule has 0 unspecified atom stereocenters. The summed E-state index contributed by atoms with van der Waals surface area (Å²) in [6.07, 6.45) is 2.70. The van der Waals surface area contributed by atoms with Crippen LogP contribution in [-0.4, -0.2) is 29.1 Å². The standard InChI is InChI=1S/C15H21NO2/c1-2-5-12-9-16(10-12)11-14-7-4-3-6-13(14)8-15(17)18/h3-4,6-7,12H,2,5,8-11H2,1H3,(H,17,18). The van der Waals surface area contributed by atoms with Crippen LogP contribution < -0.4 is 0 Å². The van der Waals surface area contributed by atoms with Crippen molar-refractivity contribution in [3.8, 4) is 0 Å². The van der Waals surface area contributed by atoms with Crippen LogP contribution in [0.15, 0.2) is 24.3 Å². The maximum atomic E-state index is 10.8. The fourth-order valence-electron chi connectivity index (χ4n) is 2.68. The first-order valence-corrected chi connectivity index (χ1v) is 6.70. The number of carbonyl (C=O) groups is 1. The molecule has 0 amide bonds. The number of hydrogen-bond donors (Lipinski definition) is 1. The predicted molar refractivity (Wildman–Crippen MR) is 71.5 cm³/mol. The number of benzene rings is 1. The van der Waals surface area contributed by atoms with Gasteiger partial charge in [0.15, 0.2) is 0 Å². The first-order chi connectivity index (χ1) is 8.69. The summed E-state index contributed by atoms with van der Waals surface area (Å²) < 4.78 is 0. The Morgan fingerprint density at radius 3 is 2.61 bits per heavy atom. The van der Waals surface area contributed by atoms with Crippen LogP contribution in [0.3, 0.4) is 0 Å². The summed E-state index contributed by atoms with van der Waals surface area (Å²) in [5.41, 5.74) is 2.11. The van der Waals surface area contributed by atoms with Crippen molar-refractivity contribution >= 4 is 5.97 Å². The van der Waals surface area contributed by atoms with Crippen LogP contribution in [0.4, 0.5) is 0 Å². The monoisotopic (exact) mass is 247 g/mol. The van der Waals surface area contributed by atoms with Gasteiger partial charge in [-0.2, -0.15) is 0 Å². The summed E-state index contributed by atoms with van der Waals surface area (Å²) in [4.78, 5) is 13.2. The van der Waals surface area contributed by atoms with Crippen LogP contribution in [0, 0.1) is 5.92 Å². The average Bonchev–Trinajstić information content (AvgIpc) is 2.28. The molecule has 0 aliphatic carbocycles. The van der Waals surface area contributed by atoms with Gasteiger partial charge in [0, 0.05) is 19.6 Å². The molecule has 0 saturated carbocycles. The summed E-state index contributed by atoms with van der Waals surface area (Å²) >= 11 is 0. The van der Waals surface area contributed by atoms with Gasteiger partial charge in [-0.1, -0.05) is 37.6 Å².